The van der Waals surface area contributed by atoms with Gasteiger partial charge < -0.3 is 4.90 Å². The van der Waals surface area contributed by atoms with Gasteiger partial charge in [-0.1, -0.05) is 61.3 Å². The van der Waals surface area contributed by atoms with Crippen LogP contribution in [0.3, 0.4) is 0 Å². The Morgan fingerprint density at radius 1 is 1.24 bits per heavy atom. The van der Waals surface area contributed by atoms with Crippen LogP contribution >= 0.6 is 27.5 Å². The number of halogens is 3. The van der Waals surface area contributed by atoms with Crippen LogP contribution in [0.4, 0.5) is 10.1 Å². The maximum absolute atomic E-state index is 14.1. The molecule has 0 bridgehead atoms. The van der Waals surface area contributed by atoms with Gasteiger partial charge >= 0.3 is 0 Å². The molecule has 0 spiro atoms. The third kappa shape index (κ3) is 4.24. The largest absolute Gasteiger partial charge is 0.307 e. The topological polar surface area (TPSA) is 20.3 Å². The summed E-state index contributed by atoms with van der Waals surface area (Å²) in [6.45, 7) is 8.71. The first kappa shape index (κ1) is 19.9. The van der Waals surface area contributed by atoms with Crippen molar-refractivity contribution in [3.05, 3.63) is 62.8 Å². The first-order valence-corrected chi connectivity index (χ1v) is 9.50. The number of benzene rings is 2. The lowest BCUT2D eigenvalue weighted by atomic mass is 9.81. The zero-order valence-corrected chi connectivity index (χ0v) is 17.2. The lowest BCUT2D eigenvalue weighted by Gasteiger charge is -2.39. The van der Waals surface area contributed by atoms with Crippen LogP contribution in [0.15, 0.2) is 40.9 Å². The highest BCUT2D eigenvalue weighted by molar-refractivity contribution is 9.10. The molecule has 1 amide bonds. The van der Waals surface area contributed by atoms with E-state index in [1.54, 1.807) is 4.90 Å². The van der Waals surface area contributed by atoms with E-state index in [2.05, 4.69) is 29.8 Å². The molecule has 0 saturated carbocycles. The Labute approximate surface area is 162 Å². The molecule has 2 aromatic carbocycles. The second kappa shape index (κ2) is 7.88. The van der Waals surface area contributed by atoms with Gasteiger partial charge in [-0.2, -0.15) is 0 Å². The Hall–Kier alpha value is -1.39. The number of carbonyl (C=O) groups is 1. The van der Waals surface area contributed by atoms with Crippen molar-refractivity contribution in [2.24, 2.45) is 5.41 Å². The number of nitrogens with zero attached hydrogens (tertiary/aromatic N) is 1. The standard InChI is InChI=1S/C18H16BrClFNO.C2H6/c1-18(2)9-11-8-12(19)6-7-15(11)22(10-18)17(23)16-13(20)4-3-5-14(16)21;1-2/h3-8H,9-10H2,1-2H3;1-2H3. The number of fused-ring (bicyclic) bond motifs is 1. The van der Waals surface area contributed by atoms with E-state index in [1.807, 2.05) is 32.0 Å². The first-order valence-electron chi connectivity index (χ1n) is 8.33. The summed E-state index contributed by atoms with van der Waals surface area (Å²) in [6.07, 6.45) is 0.858. The van der Waals surface area contributed by atoms with E-state index in [0.29, 0.717) is 6.54 Å². The van der Waals surface area contributed by atoms with Gasteiger partial charge in [-0.05, 0) is 47.7 Å². The van der Waals surface area contributed by atoms with E-state index in [-0.39, 0.29) is 16.0 Å². The molecule has 0 saturated heterocycles. The van der Waals surface area contributed by atoms with Crippen molar-refractivity contribution in [1.82, 2.24) is 0 Å². The zero-order valence-electron chi connectivity index (χ0n) is 14.9. The fraction of sp³-hybridized carbons (Fsp3) is 0.350. The number of amides is 1. The Balaban J connectivity index is 0.00000109. The van der Waals surface area contributed by atoms with Gasteiger partial charge in [0.05, 0.1) is 10.6 Å². The van der Waals surface area contributed by atoms with Crippen LogP contribution < -0.4 is 4.90 Å². The summed E-state index contributed by atoms with van der Waals surface area (Å²) in [7, 11) is 0. The number of carbonyl (C=O) groups excluding carboxylic acids is 1. The molecule has 1 heterocycles. The molecule has 0 N–H and O–H groups in total. The summed E-state index contributed by atoms with van der Waals surface area (Å²) >= 11 is 9.54. The Morgan fingerprint density at radius 3 is 2.56 bits per heavy atom. The van der Waals surface area contributed by atoms with E-state index >= 15 is 0 Å². The number of rotatable bonds is 1. The summed E-state index contributed by atoms with van der Waals surface area (Å²) in [5.74, 6) is -0.992. The Bertz CT molecular complexity index is 771. The SMILES string of the molecule is CC.CC1(C)Cc2cc(Br)ccc2N(C(=O)c2c(F)cccc2Cl)C1. The van der Waals surface area contributed by atoms with Crippen molar-refractivity contribution in [1.29, 1.82) is 0 Å². The molecular weight excluding hydrogens is 405 g/mol. The van der Waals surface area contributed by atoms with Crippen LogP contribution in [0.1, 0.15) is 43.6 Å². The van der Waals surface area contributed by atoms with Crippen LogP contribution in [-0.4, -0.2) is 12.5 Å². The summed E-state index contributed by atoms with van der Waals surface area (Å²) in [4.78, 5) is 14.6. The fourth-order valence-electron chi connectivity index (χ4n) is 3.06. The first-order chi connectivity index (χ1) is 11.8. The molecular formula is C20H22BrClFNO. The van der Waals surface area contributed by atoms with Gasteiger partial charge in [0.25, 0.3) is 5.91 Å². The Morgan fingerprint density at radius 2 is 1.92 bits per heavy atom. The molecule has 25 heavy (non-hydrogen) atoms. The molecule has 0 unspecified atom stereocenters. The number of anilines is 1. The lowest BCUT2D eigenvalue weighted by molar-refractivity contribution is 0.0968. The van der Waals surface area contributed by atoms with Crippen LogP contribution in [0.5, 0.6) is 0 Å². The lowest BCUT2D eigenvalue weighted by Crippen LogP contribution is -2.44. The van der Waals surface area contributed by atoms with Crippen LogP contribution in [0.25, 0.3) is 0 Å². The van der Waals surface area contributed by atoms with Gasteiger partial charge in [0.2, 0.25) is 0 Å². The average molecular weight is 427 g/mol. The molecule has 0 aliphatic carbocycles. The molecule has 3 rings (SSSR count). The highest BCUT2D eigenvalue weighted by Crippen LogP contribution is 2.39. The number of hydrogen-bond acceptors (Lipinski definition) is 1. The fourth-order valence-corrected chi connectivity index (χ4v) is 3.71. The summed E-state index contributed by atoms with van der Waals surface area (Å²) in [6, 6.07) is 10.1. The van der Waals surface area contributed by atoms with E-state index < -0.39 is 11.7 Å². The van der Waals surface area contributed by atoms with Crippen LogP contribution in [0, 0.1) is 11.2 Å². The summed E-state index contributed by atoms with van der Waals surface area (Å²) < 4.78 is 15.1. The van der Waals surface area contributed by atoms with Crippen LogP contribution in [0.2, 0.25) is 5.02 Å². The number of hydrogen-bond donors (Lipinski definition) is 0. The predicted octanol–water partition coefficient (Wildman–Crippen LogP) is 6.50. The van der Waals surface area contributed by atoms with Gasteiger partial charge in [-0.25, -0.2) is 4.39 Å². The van der Waals surface area contributed by atoms with Crippen LogP contribution in [-0.2, 0) is 6.42 Å². The van der Waals surface area contributed by atoms with Crippen molar-refractivity contribution in [2.75, 3.05) is 11.4 Å². The molecule has 1 aliphatic rings. The van der Waals surface area contributed by atoms with Crippen molar-refractivity contribution < 1.29 is 9.18 Å². The Kier molecular flexibility index (Phi) is 6.28. The van der Waals surface area contributed by atoms with Crippen molar-refractivity contribution >= 4 is 39.1 Å². The van der Waals surface area contributed by atoms with Crippen molar-refractivity contribution in [2.45, 2.75) is 34.1 Å². The van der Waals surface area contributed by atoms with E-state index in [9.17, 15) is 9.18 Å². The second-order valence-corrected chi connectivity index (χ2v) is 7.92. The quantitative estimate of drug-likeness (QED) is 0.510. The molecule has 134 valence electrons. The van der Waals surface area contributed by atoms with E-state index in [1.165, 1.54) is 18.2 Å². The maximum Gasteiger partial charge on any atom is 0.262 e. The molecule has 0 fully saturated rings. The van der Waals surface area contributed by atoms with Crippen molar-refractivity contribution in [3.63, 3.8) is 0 Å². The highest BCUT2D eigenvalue weighted by Gasteiger charge is 2.35. The summed E-state index contributed by atoms with van der Waals surface area (Å²) in [5.41, 5.74) is 1.72. The molecule has 2 nitrogen and oxygen atoms in total. The maximum atomic E-state index is 14.1. The molecule has 2 aromatic rings. The molecule has 1 aliphatic heterocycles. The third-order valence-electron chi connectivity index (χ3n) is 4.01. The van der Waals surface area contributed by atoms with E-state index in [0.717, 1.165) is 22.1 Å². The van der Waals surface area contributed by atoms with Gasteiger partial charge in [-0.15, -0.1) is 0 Å². The third-order valence-corrected chi connectivity index (χ3v) is 4.82. The van der Waals surface area contributed by atoms with E-state index in [4.69, 9.17) is 11.6 Å². The molecule has 5 heteroatoms. The minimum absolute atomic E-state index is 0.0688. The summed E-state index contributed by atoms with van der Waals surface area (Å²) in [5, 5.41) is 0.136. The second-order valence-electron chi connectivity index (χ2n) is 6.60. The molecule has 0 radical (unpaired) electrons. The average Bonchev–Trinajstić information content (AvgIpc) is 2.54. The smallest absolute Gasteiger partial charge is 0.262 e. The van der Waals surface area contributed by atoms with Gasteiger partial charge in [-0.3, -0.25) is 4.79 Å². The predicted molar refractivity (Wildman–Crippen MR) is 106 cm³/mol. The monoisotopic (exact) mass is 425 g/mol. The van der Waals surface area contributed by atoms with Crippen molar-refractivity contribution in [3.8, 4) is 0 Å². The zero-order chi connectivity index (χ0) is 18.8. The minimum Gasteiger partial charge on any atom is -0.307 e. The minimum atomic E-state index is -0.593. The highest BCUT2D eigenvalue weighted by atomic mass is 79.9. The normalized spacial score (nSPS) is 15.1. The van der Waals surface area contributed by atoms with Gasteiger partial charge in [0.1, 0.15) is 5.82 Å². The van der Waals surface area contributed by atoms with Gasteiger partial charge in [0.15, 0.2) is 0 Å². The molecule has 0 aromatic heterocycles. The molecule has 0 atom stereocenters. The van der Waals surface area contributed by atoms with Gasteiger partial charge in [0, 0.05) is 16.7 Å².